The molecule has 2 aromatic rings. The molecule has 3 rings (SSSR count). The van der Waals surface area contributed by atoms with Gasteiger partial charge in [-0.05, 0) is 87.1 Å². The lowest BCUT2D eigenvalue weighted by atomic mass is 10.1. The molecule has 1 N–H and O–H groups in total. The van der Waals surface area contributed by atoms with Crippen molar-refractivity contribution in [1.82, 2.24) is 0 Å². The fourth-order valence-corrected chi connectivity index (χ4v) is 3.40. The van der Waals surface area contributed by atoms with E-state index in [0.717, 1.165) is 30.1 Å². The lowest BCUT2D eigenvalue weighted by Gasteiger charge is -2.29. The first kappa shape index (κ1) is 19.3. The van der Waals surface area contributed by atoms with E-state index in [1.807, 2.05) is 44.2 Å². The number of amides is 1. The van der Waals surface area contributed by atoms with Gasteiger partial charge >= 0.3 is 0 Å². The van der Waals surface area contributed by atoms with Crippen molar-refractivity contribution in [2.45, 2.75) is 52.6 Å². The summed E-state index contributed by atoms with van der Waals surface area (Å²) in [5, 5.41) is 2.99. The molecule has 2 aromatic carbocycles. The van der Waals surface area contributed by atoms with Crippen LogP contribution in [0, 0.1) is 13.8 Å². The number of aryl methyl sites for hydroxylation is 2. The zero-order chi connectivity index (χ0) is 19.2. The van der Waals surface area contributed by atoms with Gasteiger partial charge in [0.15, 0.2) is 6.10 Å². The molecule has 0 aliphatic carbocycles. The summed E-state index contributed by atoms with van der Waals surface area (Å²) < 4.78 is 5.93. The molecular formula is C23H30N2O2. The third-order valence-electron chi connectivity index (χ3n) is 5.28. The number of anilines is 2. The van der Waals surface area contributed by atoms with Gasteiger partial charge in [-0.25, -0.2) is 0 Å². The molecule has 0 unspecified atom stereocenters. The molecule has 4 heteroatoms. The Bertz CT molecular complexity index is 764. The molecule has 0 spiro atoms. The largest absolute Gasteiger partial charge is 0.481 e. The van der Waals surface area contributed by atoms with Crippen molar-refractivity contribution >= 4 is 17.3 Å². The number of nitrogens with one attached hydrogen (secondary N) is 1. The van der Waals surface area contributed by atoms with Gasteiger partial charge < -0.3 is 15.0 Å². The van der Waals surface area contributed by atoms with Crippen molar-refractivity contribution < 1.29 is 9.53 Å². The fraction of sp³-hybridized carbons (Fsp3) is 0.435. The highest BCUT2D eigenvalue weighted by atomic mass is 16.5. The molecule has 0 aromatic heterocycles. The molecule has 27 heavy (non-hydrogen) atoms. The van der Waals surface area contributed by atoms with Crippen molar-refractivity contribution in [2.24, 2.45) is 0 Å². The van der Waals surface area contributed by atoms with Crippen LogP contribution in [0.4, 0.5) is 11.4 Å². The molecule has 1 amide bonds. The summed E-state index contributed by atoms with van der Waals surface area (Å²) in [5.41, 5.74) is 4.42. The van der Waals surface area contributed by atoms with Crippen LogP contribution in [0.1, 0.15) is 43.7 Å². The highest BCUT2D eigenvalue weighted by Gasteiger charge is 2.19. The Morgan fingerprint density at radius 3 is 2.37 bits per heavy atom. The van der Waals surface area contributed by atoms with Crippen LogP contribution in [0.2, 0.25) is 0 Å². The topological polar surface area (TPSA) is 41.6 Å². The van der Waals surface area contributed by atoms with Crippen molar-refractivity contribution in [2.75, 3.05) is 23.3 Å². The average Bonchev–Trinajstić information content (AvgIpc) is 2.70. The number of carbonyl (C=O) groups excluding carboxylic acids is 1. The van der Waals surface area contributed by atoms with E-state index in [0.29, 0.717) is 6.42 Å². The van der Waals surface area contributed by atoms with Crippen LogP contribution < -0.4 is 15.0 Å². The Kier molecular flexibility index (Phi) is 6.38. The minimum atomic E-state index is -0.506. The lowest BCUT2D eigenvalue weighted by molar-refractivity contribution is -0.122. The molecule has 0 bridgehead atoms. The first-order valence-electron chi connectivity index (χ1n) is 9.96. The van der Waals surface area contributed by atoms with Crippen molar-refractivity contribution in [3.05, 3.63) is 53.6 Å². The normalized spacial score (nSPS) is 15.3. The number of nitrogens with zero attached hydrogens (tertiary/aromatic N) is 1. The van der Waals surface area contributed by atoms with Crippen LogP contribution in [0.3, 0.4) is 0 Å². The molecule has 1 aliphatic heterocycles. The SMILES string of the molecule is CC[C@H](Oc1ccc(C)c(C)c1)C(=O)Nc1ccc(N2CCCCC2)cc1. The summed E-state index contributed by atoms with van der Waals surface area (Å²) in [7, 11) is 0. The second-order valence-electron chi connectivity index (χ2n) is 7.34. The molecule has 1 atom stereocenters. The van der Waals surface area contributed by atoms with E-state index in [2.05, 4.69) is 29.3 Å². The predicted molar refractivity (Wildman–Crippen MR) is 112 cm³/mol. The monoisotopic (exact) mass is 366 g/mol. The van der Waals surface area contributed by atoms with Gasteiger partial charge in [0.2, 0.25) is 0 Å². The Balaban J connectivity index is 1.61. The molecule has 1 heterocycles. The first-order valence-corrected chi connectivity index (χ1v) is 9.96. The van der Waals surface area contributed by atoms with Gasteiger partial charge in [0.25, 0.3) is 5.91 Å². The van der Waals surface area contributed by atoms with Gasteiger partial charge in [-0.3, -0.25) is 4.79 Å². The van der Waals surface area contributed by atoms with Crippen LogP contribution in [-0.4, -0.2) is 25.1 Å². The summed E-state index contributed by atoms with van der Waals surface area (Å²) in [5.74, 6) is 0.627. The Morgan fingerprint density at radius 2 is 1.74 bits per heavy atom. The molecule has 1 aliphatic rings. The van der Waals surface area contributed by atoms with Crippen LogP contribution >= 0.6 is 0 Å². The Hall–Kier alpha value is -2.49. The third-order valence-corrected chi connectivity index (χ3v) is 5.28. The molecule has 144 valence electrons. The molecule has 1 saturated heterocycles. The Labute approximate surface area is 162 Å². The standard InChI is InChI=1S/C23H30N2O2/c1-4-22(27-21-13-8-17(2)18(3)16-21)23(26)24-19-9-11-20(12-10-19)25-14-6-5-7-15-25/h8-13,16,22H,4-7,14-15H2,1-3H3,(H,24,26)/t22-/m0/s1. The predicted octanol–water partition coefficient (Wildman–Crippen LogP) is 5.09. The van der Waals surface area contributed by atoms with Gasteiger partial charge in [0, 0.05) is 24.5 Å². The maximum absolute atomic E-state index is 12.6. The number of ether oxygens (including phenoxy) is 1. The highest BCUT2D eigenvalue weighted by Crippen LogP contribution is 2.23. The maximum atomic E-state index is 12.6. The molecule has 4 nitrogen and oxygen atoms in total. The van der Waals surface area contributed by atoms with E-state index in [1.54, 1.807) is 0 Å². The van der Waals surface area contributed by atoms with E-state index < -0.39 is 6.10 Å². The van der Waals surface area contributed by atoms with Crippen LogP contribution in [-0.2, 0) is 4.79 Å². The smallest absolute Gasteiger partial charge is 0.265 e. The molecule has 0 saturated carbocycles. The fourth-order valence-electron chi connectivity index (χ4n) is 3.40. The van der Waals surface area contributed by atoms with Crippen LogP contribution in [0.25, 0.3) is 0 Å². The second kappa shape index (κ2) is 8.94. The summed E-state index contributed by atoms with van der Waals surface area (Å²) in [6.07, 6.45) is 3.95. The zero-order valence-corrected chi connectivity index (χ0v) is 16.6. The van der Waals surface area contributed by atoms with E-state index in [-0.39, 0.29) is 5.91 Å². The van der Waals surface area contributed by atoms with Crippen molar-refractivity contribution in [3.63, 3.8) is 0 Å². The lowest BCUT2D eigenvalue weighted by Crippen LogP contribution is -2.32. The van der Waals surface area contributed by atoms with Crippen molar-refractivity contribution in [3.8, 4) is 5.75 Å². The van der Waals surface area contributed by atoms with E-state index in [1.165, 1.54) is 30.5 Å². The summed E-state index contributed by atoms with van der Waals surface area (Å²) >= 11 is 0. The number of carbonyl (C=O) groups is 1. The first-order chi connectivity index (χ1) is 13.1. The number of hydrogen-bond acceptors (Lipinski definition) is 3. The number of rotatable bonds is 6. The van der Waals surface area contributed by atoms with Crippen LogP contribution in [0.15, 0.2) is 42.5 Å². The maximum Gasteiger partial charge on any atom is 0.265 e. The zero-order valence-electron chi connectivity index (χ0n) is 16.6. The van der Waals surface area contributed by atoms with E-state index in [9.17, 15) is 4.79 Å². The average molecular weight is 367 g/mol. The molecular weight excluding hydrogens is 336 g/mol. The van der Waals surface area contributed by atoms with Gasteiger partial charge in [-0.1, -0.05) is 13.0 Å². The number of benzene rings is 2. The summed E-state index contributed by atoms with van der Waals surface area (Å²) in [6, 6.07) is 14.1. The van der Waals surface area contributed by atoms with Gasteiger partial charge in [0.1, 0.15) is 5.75 Å². The summed E-state index contributed by atoms with van der Waals surface area (Å²) in [4.78, 5) is 15.0. The Morgan fingerprint density at radius 1 is 1.04 bits per heavy atom. The highest BCUT2D eigenvalue weighted by molar-refractivity contribution is 5.94. The van der Waals surface area contributed by atoms with Gasteiger partial charge in [0.05, 0.1) is 0 Å². The number of piperidine rings is 1. The number of hydrogen-bond donors (Lipinski definition) is 1. The third kappa shape index (κ3) is 5.03. The molecule has 0 radical (unpaired) electrons. The minimum absolute atomic E-state index is 0.110. The van der Waals surface area contributed by atoms with Crippen LogP contribution in [0.5, 0.6) is 5.75 Å². The van der Waals surface area contributed by atoms with Crippen molar-refractivity contribution in [1.29, 1.82) is 0 Å². The second-order valence-corrected chi connectivity index (χ2v) is 7.34. The van der Waals surface area contributed by atoms with Gasteiger partial charge in [-0.15, -0.1) is 0 Å². The van der Waals surface area contributed by atoms with E-state index >= 15 is 0 Å². The summed E-state index contributed by atoms with van der Waals surface area (Å²) in [6.45, 7) is 8.31. The molecule has 1 fully saturated rings. The van der Waals surface area contributed by atoms with Gasteiger partial charge in [-0.2, -0.15) is 0 Å². The van der Waals surface area contributed by atoms with E-state index in [4.69, 9.17) is 4.74 Å². The minimum Gasteiger partial charge on any atom is -0.481 e. The quantitative estimate of drug-likeness (QED) is 0.774.